The Hall–Kier alpha value is -4.63. The second-order valence-corrected chi connectivity index (χ2v) is 18.6. The highest BCUT2D eigenvalue weighted by atomic mass is 31.2. The van der Waals surface area contributed by atoms with Crippen molar-refractivity contribution in [2.75, 3.05) is 43.6 Å². The van der Waals surface area contributed by atoms with Crippen molar-refractivity contribution in [3.8, 4) is 11.8 Å². The van der Waals surface area contributed by atoms with Gasteiger partial charge in [-0.05, 0) is 97.5 Å². The molecule has 1 aliphatic rings. The van der Waals surface area contributed by atoms with Gasteiger partial charge in [0.25, 0.3) is 0 Å². The molecule has 0 aliphatic carbocycles. The summed E-state index contributed by atoms with van der Waals surface area (Å²) in [6, 6.07) is 8.93. The van der Waals surface area contributed by atoms with Crippen molar-refractivity contribution in [2.24, 2.45) is 0 Å². The highest BCUT2D eigenvalue weighted by molar-refractivity contribution is 7.70. The number of ether oxygens (including phenoxy) is 2. The van der Waals surface area contributed by atoms with E-state index in [1.807, 2.05) is 0 Å². The normalized spacial score (nSPS) is 17.0. The van der Waals surface area contributed by atoms with E-state index in [4.69, 9.17) is 13.9 Å². The summed E-state index contributed by atoms with van der Waals surface area (Å²) >= 11 is 0. The standard InChI is InChI=1S/C38H45F4N4O6P/c1-36(2,3)51-34(47)25-21-50-33-29(14-15-31(32(25)33)53(7,8)49)43-17-10-11-23-19-24-27(12-9-13-30(24)46(23)22-38(40,41)42)44-28-16-18-45(20-26(28)39)35(48)52-37(4,5)6/h9,12-15,19,21,26,28,43-44H,16-18,20,22H2,1-8H3/t26-,28+/m0/s1. The van der Waals surface area contributed by atoms with Crippen LogP contribution in [0.5, 0.6) is 0 Å². The van der Waals surface area contributed by atoms with E-state index in [-0.39, 0.29) is 48.4 Å². The molecule has 1 saturated heterocycles. The van der Waals surface area contributed by atoms with Gasteiger partial charge in [0.15, 0.2) is 5.58 Å². The summed E-state index contributed by atoms with van der Waals surface area (Å²) < 4.78 is 87.8. The SMILES string of the molecule is CC(C)(C)OC(=O)c1coc2c(NCC#Cc3cc4c(N[C@@H]5CCN(C(=O)OC(C)(C)C)C[C@@H]5F)cccc4n3CC(F)(F)F)ccc(P(C)(C)=O)c12. The summed E-state index contributed by atoms with van der Waals surface area (Å²) in [6.07, 6.45) is -5.10. The average Bonchev–Trinajstić information content (AvgIpc) is 3.60. The molecule has 0 spiro atoms. The van der Waals surface area contributed by atoms with E-state index in [0.29, 0.717) is 27.5 Å². The molecule has 1 fully saturated rings. The summed E-state index contributed by atoms with van der Waals surface area (Å²) in [5.74, 6) is 5.09. The van der Waals surface area contributed by atoms with Crippen LogP contribution in [-0.4, -0.2) is 84.1 Å². The van der Waals surface area contributed by atoms with Crippen LogP contribution in [0.2, 0.25) is 0 Å². The molecule has 1 amide bonds. The maximum absolute atomic E-state index is 15.4. The molecule has 5 rings (SSSR count). The summed E-state index contributed by atoms with van der Waals surface area (Å²) in [6.45, 7) is 12.3. The zero-order valence-electron chi connectivity index (χ0n) is 31.0. The highest BCUT2D eigenvalue weighted by Crippen LogP contribution is 2.41. The predicted molar refractivity (Wildman–Crippen MR) is 199 cm³/mol. The molecule has 10 nitrogen and oxygen atoms in total. The Kier molecular flexibility index (Phi) is 10.9. The minimum atomic E-state index is -4.56. The van der Waals surface area contributed by atoms with Gasteiger partial charge in [-0.15, -0.1) is 0 Å². The second-order valence-electron chi connectivity index (χ2n) is 15.4. The minimum Gasteiger partial charge on any atom is -0.461 e. The molecular formula is C38H45F4N4O6P. The first-order chi connectivity index (χ1) is 24.5. The number of carbonyl (C=O) groups is 2. The largest absolute Gasteiger partial charge is 0.461 e. The Morgan fingerprint density at radius 3 is 2.34 bits per heavy atom. The number of nitrogens with zero attached hydrogens (tertiary/aromatic N) is 2. The Labute approximate surface area is 305 Å². The van der Waals surface area contributed by atoms with Gasteiger partial charge in [0.05, 0.1) is 36.0 Å². The molecule has 286 valence electrons. The van der Waals surface area contributed by atoms with Gasteiger partial charge in [-0.1, -0.05) is 12.0 Å². The van der Waals surface area contributed by atoms with Crippen molar-refractivity contribution in [3.63, 3.8) is 0 Å². The fourth-order valence-corrected chi connectivity index (χ4v) is 7.29. The van der Waals surface area contributed by atoms with E-state index in [1.54, 1.807) is 85.2 Å². The highest BCUT2D eigenvalue weighted by Gasteiger charge is 2.35. The number of likely N-dealkylation sites (tertiary alicyclic amines) is 1. The van der Waals surface area contributed by atoms with Crippen LogP contribution in [0.4, 0.5) is 33.7 Å². The van der Waals surface area contributed by atoms with Crippen molar-refractivity contribution < 1.29 is 45.6 Å². The monoisotopic (exact) mass is 760 g/mol. The summed E-state index contributed by atoms with van der Waals surface area (Å²) in [5, 5.41) is 7.48. The van der Waals surface area contributed by atoms with Crippen molar-refractivity contribution in [1.29, 1.82) is 0 Å². The van der Waals surface area contributed by atoms with E-state index < -0.39 is 55.3 Å². The van der Waals surface area contributed by atoms with Crippen LogP contribution in [0, 0.1) is 11.8 Å². The number of esters is 1. The topological polar surface area (TPSA) is 115 Å². The first-order valence-electron chi connectivity index (χ1n) is 17.1. The van der Waals surface area contributed by atoms with Crippen LogP contribution in [-0.2, 0) is 20.6 Å². The maximum atomic E-state index is 15.4. The van der Waals surface area contributed by atoms with Crippen molar-refractivity contribution in [2.45, 2.75) is 84.1 Å². The lowest BCUT2D eigenvalue weighted by atomic mass is 10.0. The third kappa shape index (κ3) is 9.68. The lowest BCUT2D eigenvalue weighted by molar-refractivity contribution is -0.140. The maximum Gasteiger partial charge on any atom is 0.410 e. The average molecular weight is 761 g/mol. The van der Waals surface area contributed by atoms with E-state index in [0.717, 1.165) is 4.57 Å². The van der Waals surface area contributed by atoms with Crippen LogP contribution in [0.25, 0.3) is 21.9 Å². The van der Waals surface area contributed by atoms with Crippen LogP contribution >= 0.6 is 7.14 Å². The molecule has 0 saturated carbocycles. The fourth-order valence-electron chi connectivity index (χ4n) is 6.10. The number of rotatable bonds is 7. The molecule has 0 radical (unpaired) electrons. The molecule has 53 heavy (non-hydrogen) atoms. The molecule has 0 unspecified atom stereocenters. The molecule has 15 heteroatoms. The van der Waals surface area contributed by atoms with Gasteiger partial charge in [-0.25, -0.2) is 14.0 Å². The Balaban J connectivity index is 1.40. The van der Waals surface area contributed by atoms with Gasteiger partial charge in [-0.2, -0.15) is 13.2 Å². The number of anilines is 2. The number of alkyl halides is 4. The van der Waals surface area contributed by atoms with Crippen molar-refractivity contribution in [3.05, 3.63) is 53.9 Å². The van der Waals surface area contributed by atoms with Crippen LogP contribution < -0.4 is 15.9 Å². The zero-order valence-corrected chi connectivity index (χ0v) is 31.9. The smallest absolute Gasteiger partial charge is 0.410 e. The first kappa shape index (κ1) is 39.6. The van der Waals surface area contributed by atoms with Gasteiger partial charge in [0.2, 0.25) is 0 Å². The number of aromatic nitrogens is 1. The molecule has 4 aromatic rings. The van der Waals surface area contributed by atoms with Crippen LogP contribution in [0.3, 0.4) is 0 Å². The number of fused-ring (bicyclic) bond motifs is 2. The third-order valence-corrected chi connectivity index (χ3v) is 9.83. The van der Waals surface area contributed by atoms with E-state index >= 15 is 4.39 Å². The predicted octanol–water partition coefficient (Wildman–Crippen LogP) is 8.38. The molecule has 2 aromatic carbocycles. The van der Waals surface area contributed by atoms with Gasteiger partial charge in [-0.3, -0.25) is 0 Å². The molecule has 0 bridgehead atoms. The number of furan rings is 1. The number of piperidine rings is 1. The lowest BCUT2D eigenvalue weighted by Crippen LogP contribution is -2.51. The fraction of sp³-hybridized carbons (Fsp3) is 0.474. The molecule has 3 heterocycles. The number of carbonyl (C=O) groups excluding carboxylic acids is 2. The Morgan fingerprint density at radius 2 is 1.72 bits per heavy atom. The lowest BCUT2D eigenvalue weighted by Gasteiger charge is -2.36. The van der Waals surface area contributed by atoms with Crippen molar-refractivity contribution in [1.82, 2.24) is 9.47 Å². The number of amides is 1. The zero-order chi connectivity index (χ0) is 39.1. The number of hydrogen-bond donors (Lipinski definition) is 2. The third-order valence-electron chi connectivity index (χ3n) is 8.30. The minimum absolute atomic E-state index is 0.0226. The molecule has 1 aliphatic heterocycles. The quantitative estimate of drug-likeness (QED) is 0.0836. The summed E-state index contributed by atoms with van der Waals surface area (Å²) in [4.78, 5) is 26.8. The molecule has 2 atom stereocenters. The second kappa shape index (κ2) is 14.7. The van der Waals surface area contributed by atoms with E-state index in [9.17, 15) is 27.3 Å². The number of benzene rings is 2. The summed E-state index contributed by atoms with van der Waals surface area (Å²) in [5.41, 5.74) is 0.101. The molecule has 2 N–H and O–H groups in total. The van der Waals surface area contributed by atoms with Gasteiger partial charge in [0, 0.05) is 28.3 Å². The van der Waals surface area contributed by atoms with Gasteiger partial charge >= 0.3 is 18.2 Å². The molecule has 2 aromatic heterocycles. The van der Waals surface area contributed by atoms with Crippen LogP contribution in [0.1, 0.15) is 64.0 Å². The number of halogens is 4. The Bertz CT molecular complexity index is 2130. The Morgan fingerprint density at radius 1 is 1.02 bits per heavy atom. The van der Waals surface area contributed by atoms with E-state index in [2.05, 4.69) is 22.5 Å². The van der Waals surface area contributed by atoms with Gasteiger partial charge in [0.1, 0.15) is 42.9 Å². The van der Waals surface area contributed by atoms with E-state index in [1.165, 1.54) is 17.2 Å². The van der Waals surface area contributed by atoms with Gasteiger partial charge < -0.3 is 38.6 Å². The number of hydrogen-bond acceptors (Lipinski definition) is 8. The van der Waals surface area contributed by atoms with Crippen LogP contribution in [0.15, 0.2) is 47.1 Å². The molecular weight excluding hydrogens is 715 g/mol. The number of nitrogens with one attached hydrogen (secondary N) is 2. The first-order valence-corrected chi connectivity index (χ1v) is 19.7. The summed E-state index contributed by atoms with van der Waals surface area (Å²) in [7, 11) is -2.88. The van der Waals surface area contributed by atoms with Crippen molar-refractivity contribution >= 4 is 57.8 Å².